The van der Waals surface area contributed by atoms with E-state index in [1.807, 2.05) is 0 Å². The summed E-state index contributed by atoms with van der Waals surface area (Å²) in [5, 5.41) is 2.35. The summed E-state index contributed by atoms with van der Waals surface area (Å²) in [6.07, 6.45) is -8.70. The molecule has 4 rings (SSSR count). The van der Waals surface area contributed by atoms with E-state index in [0.717, 1.165) is 11.6 Å². The minimum atomic E-state index is -5.11. The van der Waals surface area contributed by atoms with Gasteiger partial charge in [0.2, 0.25) is 0 Å². The number of amides is 1. The lowest BCUT2D eigenvalue weighted by molar-refractivity contribution is -0.143. The predicted molar refractivity (Wildman–Crippen MR) is 110 cm³/mol. The van der Waals surface area contributed by atoms with E-state index in [1.165, 1.54) is 28.8 Å². The Balaban J connectivity index is 1.84. The Bertz CT molecular complexity index is 1370. The average molecular weight is 481 g/mol. The van der Waals surface area contributed by atoms with Gasteiger partial charge in [0.1, 0.15) is 23.0 Å². The molecule has 0 saturated heterocycles. The summed E-state index contributed by atoms with van der Waals surface area (Å²) in [6, 6.07) is 9.12. The van der Waals surface area contributed by atoms with Crippen LogP contribution in [0.15, 0.2) is 60.8 Å². The maximum Gasteiger partial charge on any atom is 0.416 e. The third-order valence-corrected chi connectivity index (χ3v) is 4.96. The number of halogens is 7. The molecule has 0 aliphatic carbocycles. The first-order valence-electron chi connectivity index (χ1n) is 9.68. The molecule has 0 aliphatic heterocycles. The minimum absolute atomic E-state index is 0.0448. The number of rotatable bonds is 3. The van der Waals surface area contributed by atoms with E-state index in [9.17, 15) is 35.5 Å². The van der Waals surface area contributed by atoms with Gasteiger partial charge in [-0.3, -0.25) is 9.20 Å². The number of nitrogens with zero attached hydrogens (tertiary/aromatic N) is 2. The molecule has 0 unspecified atom stereocenters. The molecule has 34 heavy (non-hydrogen) atoms. The molecule has 0 saturated carbocycles. The van der Waals surface area contributed by atoms with E-state index in [2.05, 4.69) is 10.3 Å². The fourth-order valence-corrected chi connectivity index (χ4v) is 3.37. The molecule has 0 spiro atoms. The zero-order chi connectivity index (χ0) is 24.8. The fourth-order valence-electron chi connectivity index (χ4n) is 3.37. The van der Waals surface area contributed by atoms with Gasteiger partial charge in [0.25, 0.3) is 5.91 Å². The van der Waals surface area contributed by atoms with Crippen LogP contribution in [0.1, 0.15) is 27.0 Å². The van der Waals surface area contributed by atoms with Crippen LogP contribution in [0.4, 0.5) is 36.6 Å². The molecule has 2 heterocycles. The molecule has 4 nitrogen and oxygen atoms in total. The van der Waals surface area contributed by atoms with E-state index in [0.29, 0.717) is 17.8 Å². The van der Waals surface area contributed by atoms with Crippen molar-refractivity contribution in [1.29, 1.82) is 0 Å². The molecule has 0 radical (unpaired) electrons. The van der Waals surface area contributed by atoms with E-state index < -0.39 is 40.8 Å². The third kappa shape index (κ3) is 4.59. The van der Waals surface area contributed by atoms with Crippen molar-refractivity contribution < 1.29 is 35.5 Å². The Morgan fingerprint density at radius 3 is 2.15 bits per heavy atom. The zero-order valence-corrected chi connectivity index (χ0v) is 17.2. The van der Waals surface area contributed by atoms with E-state index >= 15 is 0 Å². The van der Waals surface area contributed by atoms with Gasteiger partial charge in [0.15, 0.2) is 0 Å². The first-order valence-corrected chi connectivity index (χ1v) is 9.68. The maximum absolute atomic E-state index is 13.8. The molecule has 0 fully saturated rings. The van der Waals surface area contributed by atoms with Gasteiger partial charge in [-0.15, -0.1) is 0 Å². The molecule has 4 aromatic rings. The Kier molecular flexibility index (Phi) is 5.58. The highest BCUT2D eigenvalue weighted by atomic mass is 19.4. The Morgan fingerprint density at radius 2 is 1.56 bits per heavy atom. The van der Waals surface area contributed by atoms with Crippen molar-refractivity contribution >= 4 is 17.4 Å². The lowest BCUT2D eigenvalue weighted by Crippen LogP contribution is -2.18. The normalized spacial score (nSPS) is 12.2. The van der Waals surface area contributed by atoms with Crippen molar-refractivity contribution in [3.8, 4) is 11.3 Å². The Labute approximate surface area is 187 Å². The first kappa shape index (κ1) is 23.3. The summed E-state index contributed by atoms with van der Waals surface area (Å²) < 4.78 is 94.4. The number of aromatic nitrogens is 2. The smallest absolute Gasteiger partial charge is 0.306 e. The second-order valence-corrected chi connectivity index (χ2v) is 7.50. The van der Waals surface area contributed by atoms with Crippen LogP contribution in [0, 0.1) is 12.7 Å². The van der Waals surface area contributed by atoms with Crippen molar-refractivity contribution in [2.24, 2.45) is 0 Å². The predicted octanol–water partition coefficient (Wildman–Crippen LogP) is 6.74. The third-order valence-electron chi connectivity index (χ3n) is 4.96. The van der Waals surface area contributed by atoms with Crippen LogP contribution in [-0.4, -0.2) is 15.3 Å². The number of pyridine rings is 1. The van der Waals surface area contributed by atoms with Crippen LogP contribution in [0.5, 0.6) is 0 Å². The summed E-state index contributed by atoms with van der Waals surface area (Å²) in [7, 11) is 0. The second-order valence-electron chi connectivity index (χ2n) is 7.50. The van der Waals surface area contributed by atoms with Crippen molar-refractivity contribution in [2.75, 3.05) is 5.32 Å². The van der Waals surface area contributed by atoms with Crippen molar-refractivity contribution in [3.05, 3.63) is 88.9 Å². The monoisotopic (exact) mass is 481 g/mol. The van der Waals surface area contributed by atoms with Gasteiger partial charge in [-0.1, -0.05) is 12.1 Å². The number of benzene rings is 2. The number of hydrogen-bond acceptors (Lipinski definition) is 2. The molecule has 2 aromatic heterocycles. The van der Waals surface area contributed by atoms with E-state index in [-0.39, 0.29) is 23.1 Å². The van der Waals surface area contributed by atoms with Crippen LogP contribution in [-0.2, 0) is 12.4 Å². The molecular formula is C23H14F7N3O. The van der Waals surface area contributed by atoms with Crippen LogP contribution in [0.2, 0.25) is 0 Å². The number of aryl methyl sites for hydroxylation is 1. The molecule has 11 heteroatoms. The standard InChI is InChI=1S/C23H14F7N3O/c1-12-5-6-33-18(7-12)31-19(13-3-2-4-17(24)10-13)20(33)32-21(34)14-8-15(22(25,26)27)11-16(9-14)23(28,29)30/h2-11H,1H3,(H,32,34). The summed E-state index contributed by atoms with van der Waals surface area (Å²) in [4.78, 5) is 17.2. The van der Waals surface area contributed by atoms with Crippen LogP contribution >= 0.6 is 0 Å². The molecule has 176 valence electrons. The molecule has 2 aromatic carbocycles. The number of fused-ring (bicyclic) bond motifs is 1. The highest BCUT2D eigenvalue weighted by molar-refractivity contribution is 6.06. The Morgan fingerprint density at radius 1 is 0.912 bits per heavy atom. The second kappa shape index (κ2) is 8.15. The molecule has 0 atom stereocenters. The molecule has 0 aliphatic rings. The van der Waals surface area contributed by atoms with Gasteiger partial charge in [-0.05, 0) is 55.0 Å². The topological polar surface area (TPSA) is 46.4 Å². The molecular weight excluding hydrogens is 467 g/mol. The first-order chi connectivity index (χ1) is 15.8. The number of nitrogens with one attached hydrogen (secondary N) is 1. The van der Waals surface area contributed by atoms with Crippen molar-refractivity contribution in [3.63, 3.8) is 0 Å². The summed E-state index contributed by atoms with van der Waals surface area (Å²) in [6.45, 7) is 1.77. The van der Waals surface area contributed by atoms with Crippen molar-refractivity contribution in [2.45, 2.75) is 19.3 Å². The number of anilines is 1. The quantitative estimate of drug-likeness (QED) is 0.330. The summed E-state index contributed by atoms with van der Waals surface area (Å²) in [5.74, 6) is -1.87. The fraction of sp³-hybridized carbons (Fsp3) is 0.130. The van der Waals surface area contributed by atoms with E-state index in [4.69, 9.17) is 0 Å². The van der Waals surface area contributed by atoms with Crippen LogP contribution in [0.25, 0.3) is 16.9 Å². The number of carbonyl (C=O) groups excluding carboxylic acids is 1. The van der Waals surface area contributed by atoms with E-state index in [1.54, 1.807) is 19.1 Å². The summed E-state index contributed by atoms with van der Waals surface area (Å²) in [5.41, 5.74) is -2.63. The minimum Gasteiger partial charge on any atom is -0.306 e. The van der Waals surface area contributed by atoms with Gasteiger partial charge >= 0.3 is 12.4 Å². The van der Waals surface area contributed by atoms with Gasteiger partial charge in [-0.25, -0.2) is 9.37 Å². The highest BCUT2D eigenvalue weighted by Crippen LogP contribution is 2.37. The summed E-state index contributed by atoms with van der Waals surface area (Å²) >= 11 is 0. The number of alkyl halides is 6. The molecule has 1 amide bonds. The largest absolute Gasteiger partial charge is 0.416 e. The SMILES string of the molecule is Cc1ccn2c(NC(=O)c3cc(C(F)(F)F)cc(C(F)(F)F)c3)c(-c3cccc(F)c3)nc2c1. The number of imidazole rings is 1. The lowest BCUT2D eigenvalue weighted by atomic mass is 10.0. The number of carbonyl (C=O) groups is 1. The molecule has 0 bridgehead atoms. The van der Waals surface area contributed by atoms with Crippen molar-refractivity contribution in [1.82, 2.24) is 9.38 Å². The zero-order valence-electron chi connectivity index (χ0n) is 17.2. The number of hydrogen-bond donors (Lipinski definition) is 1. The van der Waals surface area contributed by atoms with Gasteiger partial charge in [0, 0.05) is 17.3 Å². The van der Waals surface area contributed by atoms with Gasteiger partial charge < -0.3 is 5.32 Å². The van der Waals surface area contributed by atoms with Crippen LogP contribution in [0.3, 0.4) is 0 Å². The lowest BCUT2D eigenvalue weighted by Gasteiger charge is -2.14. The maximum atomic E-state index is 13.8. The molecule has 1 N–H and O–H groups in total. The van der Waals surface area contributed by atoms with Crippen LogP contribution < -0.4 is 5.32 Å². The highest BCUT2D eigenvalue weighted by Gasteiger charge is 2.37. The van der Waals surface area contributed by atoms with Gasteiger partial charge in [-0.2, -0.15) is 26.3 Å². The Hall–Kier alpha value is -3.89. The average Bonchev–Trinajstić information content (AvgIpc) is 3.09. The van der Waals surface area contributed by atoms with Gasteiger partial charge in [0.05, 0.1) is 11.1 Å².